The molecule has 2 rings (SSSR count). The lowest BCUT2D eigenvalue weighted by molar-refractivity contribution is 0.231. The molecule has 1 N–H and O–H groups in total. The molecule has 1 aliphatic carbocycles. The highest BCUT2D eigenvalue weighted by molar-refractivity contribution is 5.36. The number of nitrogens with one attached hydrogen (secondary N) is 1. The van der Waals surface area contributed by atoms with Gasteiger partial charge in [0.15, 0.2) is 0 Å². The molecule has 1 aromatic rings. The van der Waals surface area contributed by atoms with Crippen LogP contribution < -0.4 is 10.1 Å². The minimum Gasteiger partial charge on any atom is -0.491 e. The molecule has 0 heterocycles. The molecule has 3 atom stereocenters. The van der Waals surface area contributed by atoms with Crippen LogP contribution in [0, 0.1) is 11.8 Å². The van der Waals surface area contributed by atoms with E-state index in [9.17, 15) is 0 Å². The van der Waals surface area contributed by atoms with Crippen molar-refractivity contribution in [2.24, 2.45) is 11.8 Å². The zero-order chi connectivity index (χ0) is 13.8. The van der Waals surface area contributed by atoms with Gasteiger partial charge in [0.05, 0.1) is 6.10 Å². The Kier molecular flexibility index (Phi) is 4.87. The number of benzene rings is 1. The van der Waals surface area contributed by atoms with E-state index in [0.717, 1.165) is 17.6 Å². The maximum absolute atomic E-state index is 5.98. The fourth-order valence-electron chi connectivity index (χ4n) is 3.37. The first-order valence-electron chi connectivity index (χ1n) is 7.56. The molecule has 0 saturated heterocycles. The Morgan fingerprint density at radius 2 is 1.95 bits per heavy atom. The molecule has 3 unspecified atom stereocenters. The number of hydrogen-bond donors (Lipinski definition) is 1. The quantitative estimate of drug-likeness (QED) is 0.859. The number of ether oxygens (including phenoxy) is 1. The Bertz CT molecular complexity index is 402. The van der Waals surface area contributed by atoms with Crippen LogP contribution in [0.1, 0.15) is 51.6 Å². The maximum atomic E-state index is 5.98. The van der Waals surface area contributed by atoms with Gasteiger partial charge in [-0.1, -0.05) is 38.0 Å². The Hall–Kier alpha value is -1.02. The van der Waals surface area contributed by atoms with Crippen molar-refractivity contribution in [2.75, 3.05) is 7.05 Å². The van der Waals surface area contributed by atoms with Crippen LogP contribution in [-0.4, -0.2) is 13.2 Å². The summed E-state index contributed by atoms with van der Waals surface area (Å²) >= 11 is 0. The van der Waals surface area contributed by atoms with Crippen molar-refractivity contribution in [3.63, 3.8) is 0 Å². The number of rotatable bonds is 5. The summed E-state index contributed by atoms with van der Waals surface area (Å²) in [6, 6.07) is 8.90. The standard InChI is InChI=1S/C17H27NO/c1-12(2)19-16-11-6-5-9-15(16)17(18-4)14-10-7-8-13(14)3/h5-6,9,11-14,17-18H,7-8,10H2,1-4H3. The van der Waals surface area contributed by atoms with Gasteiger partial charge in [0.25, 0.3) is 0 Å². The van der Waals surface area contributed by atoms with Gasteiger partial charge < -0.3 is 10.1 Å². The lowest BCUT2D eigenvalue weighted by Crippen LogP contribution is -2.27. The minimum absolute atomic E-state index is 0.222. The summed E-state index contributed by atoms with van der Waals surface area (Å²) in [6.45, 7) is 6.56. The molecule has 1 aliphatic rings. The molecule has 106 valence electrons. The highest BCUT2D eigenvalue weighted by Crippen LogP contribution is 2.42. The largest absolute Gasteiger partial charge is 0.491 e. The van der Waals surface area contributed by atoms with E-state index in [4.69, 9.17) is 4.74 Å². The van der Waals surface area contributed by atoms with Crippen molar-refractivity contribution < 1.29 is 4.74 Å². The van der Waals surface area contributed by atoms with E-state index in [1.54, 1.807) is 0 Å². The number of para-hydroxylation sites is 1. The first-order valence-corrected chi connectivity index (χ1v) is 7.56. The van der Waals surface area contributed by atoms with Crippen LogP contribution in [0.15, 0.2) is 24.3 Å². The Morgan fingerprint density at radius 1 is 1.21 bits per heavy atom. The zero-order valence-corrected chi connectivity index (χ0v) is 12.6. The third kappa shape index (κ3) is 3.30. The molecule has 0 bridgehead atoms. The molecule has 1 aromatic carbocycles. The molecule has 0 aliphatic heterocycles. The minimum atomic E-state index is 0.222. The highest BCUT2D eigenvalue weighted by atomic mass is 16.5. The summed E-state index contributed by atoms with van der Waals surface area (Å²) in [4.78, 5) is 0. The monoisotopic (exact) mass is 261 g/mol. The van der Waals surface area contributed by atoms with E-state index in [1.807, 2.05) is 0 Å². The van der Waals surface area contributed by atoms with Crippen molar-refractivity contribution in [2.45, 2.75) is 52.2 Å². The summed E-state index contributed by atoms with van der Waals surface area (Å²) in [5, 5.41) is 3.52. The molecule has 0 aromatic heterocycles. The van der Waals surface area contributed by atoms with Crippen molar-refractivity contribution in [1.82, 2.24) is 5.32 Å². The third-order valence-electron chi connectivity index (χ3n) is 4.28. The van der Waals surface area contributed by atoms with E-state index in [2.05, 4.69) is 57.4 Å². The van der Waals surface area contributed by atoms with Crippen molar-refractivity contribution >= 4 is 0 Å². The van der Waals surface area contributed by atoms with Gasteiger partial charge in [-0.15, -0.1) is 0 Å². The zero-order valence-electron chi connectivity index (χ0n) is 12.6. The fourth-order valence-corrected chi connectivity index (χ4v) is 3.37. The summed E-state index contributed by atoms with van der Waals surface area (Å²) in [5.41, 5.74) is 1.32. The second-order valence-corrected chi connectivity index (χ2v) is 6.04. The predicted octanol–water partition coefficient (Wildman–Crippen LogP) is 4.17. The highest BCUT2D eigenvalue weighted by Gasteiger charge is 2.32. The molecule has 1 fully saturated rings. The Balaban J connectivity index is 2.27. The summed E-state index contributed by atoms with van der Waals surface area (Å²) < 4.78 is 5.98. The Labute approximate surface area is 117 Å². The molecule has 0 amide bonds. The van der Waals surface area contributed by atoms with Gasteiger partial charge in [0, 0.05) is 11.6 Å². The van der Waals surface area contributed by atoms with Crippen LogP contribution in [0.5, 0.6) is 5.75 Å². The van der Waals surface area contributed by atoms with Gasteiger partial charge in [-0.2, -0.15) is 0 Å². The summed E-state index contributed by atoms with van der Waals surface area (Å²) in [6.07, 6.45) is 4.26. The van der Waals surface area contributed by atoms with Crippen molar-refractivity contribution in [3.8, 4) is 5.75 Å². The smallest absolute Gasteiger partial charge is 0.124 e. The topological polar surface area (TPSA) is 21.3 Å². The average Bonchev–Trinajstić information content (AvgIpc) is 2.78. The fraction of sp³-hybridized carbons (Fsp3) is 0.647. The van der Waals surface area contributed by atoms with Crippen LogP contribution in [0.2, 0.25) is 0 Å². The van der Waals surface area contributed by atoms with Crippen molar-refractivity contribution in [1.29, 1.82) is 0 Å². The third-order valence-corrected chi connectivity index (χ3v) is 4.28. The predicted molar refractivity (Wildman–Crippen MR) is 80.5 cm³/mol. The van der Waals surface area contributed by atoms with Crippen LogP contribution in [0.25, 0.3) is 0 Å². The lowest BCUT2D eigenvalue weighted by atomic mass is 9.85. The van der Waals surface area contributed by atoms with E-state index in [-0.39, 0.29) is 6.10 Å². The van der Waals surface area contributed by atoms with Gasteiger partial charge in [-0.05, 0) is 45.2 Å². The summed E-state index contributed by atoms with van der Waals surface area (Å²) in [5.74, 6) is 2.56. The molecular formula is C17H27NO. The second kappa shape index (κ2) is 6.42. The first-order chi connectivity index (χ1) is 9.13. The molecule has 2 heteroatoms. The van der Waals surface area contributed by atoms with Crippen molar-refractivity contribution in [3.05, 3.63) is 29.8 Å². The van der Waals surface area contributed by atoms with Crippen LogP contribution in [-0.2, 0) is 0 Å². The van der Waals surface area contributed by atoms with Crippen LogP contribution in [0.4, 0.5) is 0 Å². The molecule has 0 spiro atoms. The summed E-state index contributed by atoms with van der Waals surface area (Å²) in [7, 11) is 2.07. The molecule has 1 saturated carbocycles. The van der Waals surface area contributed by atoms with E-state index in [1.165, 1.54) is 24.8 Å². The van der Waals surface area contributed by atoms with Gasteiger partial charge in [-0.3, -0.25) is 0 Å². The molecule has 0 radical (unpaired) electrons. The second-order valence-electron chi connectivity index (χ2n) is 6.04. The first kappa shape index (κ1) is 14.4. The van der Waals surface area contributed by atoms with E-state index in [0.29, 0.717) is 6.04 Å². The normalized spacial score (nSPS) is 24.7. The van der Waals surface area contributed by atoms with Crippen LogP contribution >= 0.6 is 0 Å². The van der Waals surface area contributed by atoms with Gasteiger partial charge in [0.2, 0.25) is 0 Å². The van der Waals surface area contributed by atoms with E-state index < -0.39 is 0 Å². The van der Waals surface area contributed by atoms with E-state index >= 15 is 0 Å². The molecule has 2 nitrogen and oxygen atoms in total. The van der Waals surface area contributed by atoms with Crippen LogP contribution in [0.3, 0.4) is 0 Å². The van der Waals surface area contributed by atoms with Gasteiger partial charge in [-0.25, -0.2) is 0 Å². The number of hydrogen-bond acceptors (Lipinski definition) is 2. The molecule has 19 heavy (non-hydrogen) atoms. The Morgan fingerprint density at radius 3 is 2.53 bits per heavy atom. The molecular weight excluding hydrogens is 234 g/mol. The average molecular weight is 261 g/mol. The lowest BCUT2D eigenvalue weighted by Gasteiger charge is -2.29. The SMILES string of the molecule is CNC(c1ccccc1OC(C)C)C1CCCC1C. The van der Waals surface area contributed by atoms with Gasteiger partial charge >= 0.3 is 0 Å². The van der Waals surface area contributed by atoms with Gasteiger partial charge in [0.1, 0.15) is 5.75 Å². The maximum Gasteiger partial charge on any atom is 0.124 e.